The maximum absolute atomic E-state index is 10.9. The topological polar surface area (TPSA) is 61.8 Å². The molecule has 1 atom stereocenters. The smallest absolute Gasteiger partial charge is 0.336 e. The van der Waals surface area contributed by atoms with Gasteiger partial charge in [-0.25, -0.2) is 9.59 Å². The van der Waals surface area contributed by atoms with Crippen LogP contribution in [0.2, 0.25) is 0 Å². The molecule has 5 nitrogen and oxygen atoms in total. The molecule has 1 unspecified atom stereocenters. The molecule has 0 spiro atoms. The molecular weight excluding hydrogens is 208 g/mol. The van der Waals surface area contributed by atoms with E-state index in [1.165, 1.54) is 6.92 Å². The molecule has 0 N–H and O–H groups in total. The van der Waals surface area contributed by atoms with Gasteiger partial charge in [-0.15, -0.1) is 0 Å². The van der Waals surface area contributed by atoms with Crippen molar-refractivity contribution in [2.75, 3.05) is 13.2 Å². The quantitative estimate of drug-likeness (QED) is 0.232. The van der Waals surface area contributed by atoms with Crippen LogP contribution in [-0.2, 0) is 23.2 Å². The molecule has 0 aliphatic heterocycles. The van der Waals surface area contributed by atoms with Crippen LogP contribution in [0.15, 0.2) is 12.7 Å². The first kappa shape index (κ1) is 13.0. The predicted octanol–water partition coefficient (Wildman–Crippen LogP) is 0.509. The molecule has 0 saturated heterocycles. The molecule has 80 valence electrons. The third-order valence-electron chi connectivity index (χ3n) is 1.23. The monoisotopic (exact) mass is 220 g/mol. The zero-order valence-electron chi connectivity index (χ0n) is 7.76. The van der Waals surface area contributed by atoms with E-state index in [0.29, 0.717) is 0 Å². The lowest BCUT2D eigenvalue weighted by Gasteiger charge is -2.08. The fraction of sp³-hybridized carbons (Fsp3) is 0.500. The van der Waals surface area contributed by atoms with Crippen LogP contribution in [0.1, 0.15) is 6.92 Å². The lowest BCUT2D eigenvalue weighted by atomic mass is 10.4. The predicted molar refractivity (Wildman–Crippen MR) is 51.6 cm³/mol. The Labute approximate surface area is 87.6 Å². The van der Waals surface area contributed by atoms with E-state index < -0.39 is 18.0 Å². The molecule has 14 heavy (non-hydrogen) atoms. The number of carbonyl (C=O) groups excluding carboxylic acids is 2. The Balaban J connectivity index is 3.50. The Hall–Kier alpha value is -1.01. The normalized spacial score (nSPS) is 11.6. The SMILES string of the molecule is C=CC(=O)OCCOC(=O)C(C)OS. The Bertz CT molecular complexity index is 216. The Morgan fingerprint density at radius 3 is 2.50 bits per heavy atom. The van der Waals surface area contributed by atoms with Crippen molar-refractivity contribution in [2.24, 2.45) is 0 Å². The van der Waals surface area contributed by atoms with Gasteiger partial charge in [-0.1, -0.05) is 6.58 Å². The van der Waals surface area contributed by atoms with E-state index in [1.807, 2.05) is 0 Å². The first-order chi connectivity index (χ1) is 6.61. The van der Waals surface area contributed by atoms with Gasteiger partial charge in [-0.3, -0.25) is 0 Å². The van der Waals surface area contributed by atoms with Crippen molar-refractivity contribution in [3.05, 3.63) is 12.7 Å². The molecule has 0 amide bonds. The Morgan fingerprint density at radius 1 is 1.43 bits per heavy atom. The lowest BCUT2D eigenvalue weighted by molar-refractivity contribution is -0.154. The minimum absolute atomic E-state index is 0.00408. The van der Waals surface area contributed by atoms with E-state index in [-0.39, 0.29) is 13.2 Å². The summed E-state index contributed by atoms with van der Waals surface area (Å²) >= 11 is 3.45. The third-order valence-corrected chi connectivity index (χ3v) is 1.54. The third kappa shape index (κ3) is 5.60. The number of carbonyl (C=O) groups is 2. The van der Waals surface area contributed by atoms with Crippen LogP contribution in [0, 0.1) is 0 Å². The van der Waals surface area contributed by atoms with Crippen LogP contribution >= 0.6 is 12.9 Å². The molecule has 0 aromatic rings. The fourth-order valence-corrected chi connectivity index (χ4v) is 0.590. The van der Waals surface area contributed by atoms with Crippen molar-refractivity contribution in [1.29, 1.82) is 0 Å². The van der Waals surface area contributed by atoms with Crippen molar-refractivity contribution in [3.63, 3.8) is 0 Å². The average molecular weight is 220 g/mol. The minimum atomic E-state index is -0.742. The van der Waals surface area contributed by atoms with Gasteiger partial charge in [0.25, 0.3) is 0 Å². The molecule has 0 aliphatic carbocycles. The molecule has 0 radical (unpaired) electrons. The Kier molecular flexibility index (Phi) is 6.87. The number of rotatable bonds is 6. The van der Waals surface area contributed by atoms with Crippen LogP contribution < -0.4 is 0 Å². The molecule has 0 aliphatic rings. The minimum Gasteiger partial charge on any atom is -0.460 e. The Morgan fingerprint density at radius 2 is 2.00 bits per heavy atom. The van der Waals surface area contributed by atoms with Gasteiger partial charge in [0.15, 0.2) is 6.10 Å². The molecule has 0 fully saturated rings. The zero-order valence-corrected chi connectivity index (χ0v) is 8.66. The highest BCUT2D eigenvalue weighted by atomic mass is 32.1. The van der Waals surface area contributed by atoms with E-state index in [0.717, 1.165) is 6.08 Å². The first-order valence-electron chi connectivity index (χ1n) is 3.88. The summed E-state index contributed by atoms with van der Waals surface area (Å²) in [5, 5.41) is 0. The molecular formula is C8H12O5S. The van der Waals surface area contributed by atoms with Gasteiger partial charge in [-0.2, -0.15) is 0 Å². The van der Waals surface area contributed by atoms with Crippen molar-refractivity contribution < 1.29 is 23.2 Å². The summed E-state index contributed by atoms with van der Waals surface area (Å²) in [5.41, 5.74) is 0. The van der Waals surface area contributed by atoms with Crippen molar-refractivity contribution in [3.8, 4) is 0 Å². The highest BCUT2D eigenvalue weighted by Crippen LogP contribution is 1.96. The molecule has 0 heterocycles. The van der Waals surface area contributed by atoms with Gasteiger partial charge in [-0.05, 0) is 19.8 Å². The average Bonchev–Trinajstić information content (AvgIpc) is 2.22. The second-order valence-corrected chi connectivity index (χ2v) is 2.50. The van der Waals surface area contributed by atoms with Gasteiger partial charge in [0.2, 0.25) is 0 Å². The number of hydrogen-bond acceptors (Lipinski definition) is 6. The summed E-state index contributed by atoms with van der Waals surface area (Å²) in [7, 11) is 0. The number of esters is 2. The van der Waals surface area contributed by atoms with Crippen molar-refractivity contribution in [1.82, 2.24) is 0 Å². The van der Waals surface area contributed by atoms with Crippen molar-refractivity contribution >= 4 is 24.8 Å². The lowest BCUT2D eigenvalue weighted by Crippen LogP contribution is -2.22. The van der Waals surface area contributed by atoms with Gasteiger partial charge in [0, 0.05) is 6.08 Å². The largest absolute Gasteiger partial charge is 0.460 e. The van der Waals surface area contributed by atoms with E-state index >= 15 is 0 Å². The summed E-state index contributed by atoms with van der Waals surface area (Å²) in [6.07, 6.45) is 0.287. The van der Waals surface area contributed by atoms with Crippen LogP contribution in [0.4, 0.5) is 0 Å². The molecule has 6 heteroatoms. The maximum atomic E-state index is 10.9. The highest BCUT2D eigenvalue weighted by molar-refractivity contribution is 7.75. The summed E-state index contributed by atoms with van der Waals surface area (Å²) < 4.78 is 13.6. The maximum Gasteiger partial charge on any atom is 0.336 e. The van der Waals surface area contributed by atoms with E-state index in [1.54, 1.807) is 0 Å². The summed E-state index contributed by atoms with van der Waals surface area (Å²) in [6, 6.07) is 0. The standard InChI is InChI=1S/C8H12O5S/c1-3-7(9)11-4-5-12-8(10)6(2)13-14/h3,6,14H,1,4-5H2,2H3. The van der Waals surface area contributed by atoms with E-state index in [4.69, 9.17) is 0 Å². The molecule has 0 aromatic heterocycles. The second kappa shape index (κ2) is 7.40. The number of ether oxygens (including phenoxy) is 2. The molecule has 0 aromatic carbocycles. The summed E-state index contributed by atoms with van der Waals surface area (Å²) in [4.78, 5) is 21.5. The molecule has 0 saturated carbocycles. The van der Waals surface area contributed by atoms with Gasteiger partial charge in [0.1, 0.15) is 13.2 Å². The van der Waals surface area contributed by atoms with Crippen LogP contribution in [-0.4, -0.2) is 31.3 Å². The van der Waals surface area contributed by atoms with Gasteiger partial charge >= 0.3 is 11.9 Å². The summed E-state index contributed by atoms with van der Waals surface area (Å²) in [6.45, 7) is 4.68. The highest BCUT2D eigenvalue weighted by Gasteiger charge is 2.13. The second-order valence-electron chi connectivity index (χ2n) is 2.29. The van der Waals surface area contributed by atoms with Crippen LogP contribution in [0.25, 0.3) is 0 Å². The molecule has 0 bridgehead atoms. The van der Waals surface area contributed by atoms with Crippen molar-refractivity contribution in [2.45, 2.75) is 13.0 Å². The van der Waals surface area contributed by atoms with Crippen LogP contribution in [0.3, 0.4) is 0 Å². The number of hydrogen-bond donors (Lipinski definition) is 1. The zero-order chi connectivity index (χ0) is 11.0. The molecule has 0 rings (SSSR count). The van der Waals surface area contributed by atoms with E-state index in [9.17, 15) is 9.59 Å². The summed E-state index contributed by atoms with van der Waals surface area (Å²) in [5.74, 6) is -1.12. The fourth-order valence-electron chi connectivity index (χ4n) is 0.504. The van der Waals surface area contributed by atoms with Crippen LogP contribution in [0.5, 0.6) is 0 Å². The number of thiol groups is 1. The van der Waals surface area contributed by atoms with Gasteiger partial charge in [0.05, 0.1) is 0 Å². The van der Waals surface area contributed by atoms with Gasteiger partial charge < -0.3 is 13.7 Å². The van der Waals surface area contributed by atoms with E-state index in [2.05, 4.69) is 33.1 Å². The first-order valence-corrected chi connectivity index (χ1v) is 4.24.